The predicted molar refractivity (Wildman–Crippen MR) is 80.1 cm³/mol. The van der Waals surface area contributed by atoms with Gasteiger partial charge in [0.2, 0.25) is 5.91 Å². The van der Waals surface area contributed by atoms with Crippen LogP contribution in [0.3, 0.4) is 0 Å². The van der Waals surface area contributed by atoms with Crippen molar-refractivity contribution in [3.63, 3.8) is 0 Å². The van der Waals surface area contributed by atoms with Crippen molar-refractivity contribution in [2.75, 3.05) is 27.2 Å². The fourth-order valence-corrected chi connectivity index (χ4v) is 2.81. The van der Waals surface area contributed by atoms with E-state index in [0.29, 0.717) is 25.3 Å². The molecular formula is C15H24N4O2. The van der Waals surface area contributed by atoms with Crippen LogP contribution in [0.2, 0.25) is 0 Å². The first-order chi connectivity index (χ1) is 9.81. The van der Waals surface area contributed by atoms with Gasteiger partial charge >= 0.3 is 0 Å². The first-order valence-electron chi connectivity index (χ1n) is 7.33. The number of imidazole rings is 1. The van der Waals surface area contributed by atoms with Crippen molar-refractivity contribution in [1.29, 1.82) is 0 Å². The number of amides is 1. The summed E-state index contributed by atoms with van der Waals surface area (Å²) < 4.78 is 2.01. The van der Waals surface area contributed by atoms with Gasteiger partial charge in [0.1, 0.15) is 11.5 Å². The number of hydrogen-bond donors (Lipinski definition) is 0. The molecule has 0 spiro atoms. The summed E-state index contributed by atoms with van der Waals surface area (Å²) >= 11 is 0. The molecule has 0 aliphatic carbocycles. The van der Waals surface area contributed by atoms with Gasteiger partial charge in [-0.3, -0.25) is 9.59 Å². The van der Waals surface area contributed by atoms with Crippen LogP contribution in [0.15, 0.2) is 6.20 Å². The Morgan fingerprint density at radius 2 is 2.05 bits per heavy atom. The molecule has 0 saturated carbocycles. The normalized spacial score (nSPS) is 18.2. The molecule has 0 saturated heterocycles. The molecule has 6 heteroatoms. The molecule has 1 atom stereocenters. The number of aromatic nitrogens is 2. The lowest BCUT2D eigenvalue weighted by Crippen LogP contribution is -2.47. The van der Waals surface area contributed by atoms with E-state index in [1.54, 1.807) is 6.20 Å². The van der Waals surface area contributed by atoms with E-state index in [0.717, 1.165) is 5.82 Å². The van der Waals surface area contributed by atoms with Gasteiger partial charge in [-0.2, -0.15) is 0 Å². The van der Waals surface area contributed by atoms with Gasteiger partial charge in [-0.25, -0.2) is 4.98 Å². The maximum Gasteiger partial charge on any atom is 0.237 e. The topological polar surface area (TPSA) is 58.4 Å². The number of likely N-dealkylation sites (N-methyl/N-ethyl adjacent to an activating group) is 1. The van der Waals surface area contributed by atoms with Crippen LogP contribution in [0.4, 0.5) is 0 Å². The Morgan fingerprint density at radius 1 is 1.38 bits per heavy atom. The van der Waals surface area contributed by atoms with Crippen LogP contribution >= 0.6 is 0 Å². The van der Waals surface area contributed by atoms with Gasteiger partial charge < -0.3 is 14.4 Å². The highest BCUT2D eigenvalue weighted by atomic mass is 16.2. The Morgan fingerprint density at radius 3 is 2.57 bits per heavy atom. The number of ketones is 1. The quantitative estimate of drug-likeness (QED) is 0.782. The first kappa shape index (κ1) is 15.7. The van der Waals surface area contributed by atoms with E-state index < -0.39 is 0 Å². The molecule has 1 aliphatic rings. The molecule has 0 bridgehead atoms. The lowest BCUT2D eigenvalue weighted by molar-refractivity contribution is -0.136. The van der Waals surface area contributed by atoms with Gasteiger partial charge in [0.25, 0.3) is 0 Å². The third-order valence-electron chi connectivity index (χ3n) is 3.75. The Labute approximate surface area is 125 Å². The average molecular weight is 292 g/mol. The first-order valence-corrected chi connectivity index (χ1v) is 7.33. The second-order valence-corrected chi connectivity index (χ2v) is 6.25. The van der Waals surface area contributed by atoms with Gasteiger partial charge in [0.15, 0.2) is 5.78 Å². The molecule has 1 aromatic heterocycles. The van der Waals surface area contributed by atoms with Crippen molar-refractivity contribution in [3.8, 4) is 0 Å². The van der Waals surface area contributed by atoms with Crippen LogP contribution in [0.1, 0.15) is 43.1 Å². The summed E-state index contributed by atoms with van der Waals surface area (Å²) in [5.41, 5.74) is 0.484. The monoisotopic (exact) mass is 292 g/mol. The molecule has 1 unspecified atom stereocenters. The smallest absolute Gasteiger partial charge is 0.237 e. The third-order valence-corrected chi connectivity index (χ3v) is 3.75. The summed E-state index contributed by atoms with van der Waals surface area (Å²) in [6.07, 6.45) is 1.81. The minimum Gasteiger partial charge on any atom is -0.331 e. The van der Waals surface area contributed by atoms with Crippen LogP contribution in [0, 0.1) is 5.92 Å². The maximum atomic E-state index is 12.5. The Balaban J connectivity index is 2.34. The van der Waals surface area contributed by atoms with Crippen molar-refractivity contribution in [1.82, 2.24) is 19.4 Å². The summed E-state index contributed by atoms with van der Waals surface area (Å²) in [6.45, 7) is 7.43. The largest absolute Gasteiger partial charge is 0.331 e. The fourth-order valence-electron chi connectivity index (χ4n) is 2.81. The molecule has 2 heterocycles. The minimum absolute atomic E-state index is 0.0365. The molecule has 6 nitrogen and oxygen atoms in total. The van der Waals surface area contributed by atoms with E-state index >= 15 is 0 Å². The number of carbonyl (C=O) groups excluding carboxylic acids is 2. The second kappa shape index (κ2) is 5.97. The minimum atomic E-state index is -0.0701. The van der Waals surface area contributed by atoms with E-state index in [1.165, 1.54) is 6.92 Å². The van der Waals surface area contributed by atoms with E-state index in [2.05, 4.69) is 18.8 Å². The number of hydrogen-bond acceptors (Lipinski definition) is 4. The molecule has 0 N–H and O–H groups in total. The Bertz CT molecular complexity index is 548. The molecule has 1 aromatic rings. The van der Waals surface area contributed by atoms with Crippen LogP contribution in [-0.2, 0) is 11.3 Å². The molecule has 21 heavy (non-hydrogen) atoms. The average Bonchev–Trinajstić information content (AvgIpc) is 2.79. The van der Waals surface area contributed by atoms with Crippen molar-refractivity contribution in [2.24, 2.45) is 5.92 Å². The highest BCUT2D eigenvalue weighted by molar-refractivity contribution is 5.92. The summed E-state index contributed by atoms with van der Waals surface area (Å²) in [6, 6.07) is -0.0701. The van der Waals surface area contributed by atoms with E-state index in [1.807, 2.05) is 28.5 Å². The molecule has 1 amide bonds. The summed E-state index contributed by atoms with van der Waals surface area (Å²) in [7, 11) is 3.78. The summed E-state index contributed by atoms with van der Waals surface area (Å²) in [5, 5.41) is 0. The third kappa shape index (κ3) is 3.15. The van der Waals surface area contributed by atoms with Crippen LogP contribution in [0.25, 0.3) is 0 Å². The van der Waals surface area contributed by atoms with Crippen molar-refractivity contribution >= 4 is 11.7 Å². The zero-order chi connectivity index (χ0) is 15.7. The highest BCUT2D eigenvalue weighted by Gasteiger charge is 2.35. The molecule has 0 radical (unpaired) electrons. The number of carbonyl (C=O) groups is 2. The Kier molecular flexibility index (Phi) is 4.46. The molecule has 116 valence electrons. The zero-order valence-corrected chi connectivity index (χ0v) is 13.5. The molecular weight excluding hydrogens is 268 g/mol. The zero-order valence-electron chi connectivity index (χ0n) is 13.5. The fraction of sp³-hybridized carbons (Fsp3) is 0.667. The van der Waals surface area contributed by atoms with Crippen molar-refractivity contribution in [2.45, 2.75) is 33.4 Å². The number of rotatable bonds is 4. The highest BCUT2D eigenvalue weighted by Crippen LogP contribution is 2.31. The predicted octanol–water partition coefficient (Wildman–Crippen LogP) is 1.19. The lowest BCUT2D eigenvalue weighted by atomic mass is 9.99. The van der Waals surface area contributed by atoms with E-state index in [9.17, 15) is 9.59 Å². The number of fused-ring (bicyclic) bond motifs is 1. The number of Topliss-reactive ketones (excluding diaryl/α,β-unsaturated/α-hetero) is 1. The molecule has 0 aromatic carbocycles. The van der Waals surface area contributed by atoms with Gasteiger partial charge in [-0.1, -0.05) is 13.8 Å². The molecule has 1 aliphatic heterocycles. The number of nitrogens with zero attached hydrogens (tertiary/aromatic N) is 4. The SMILES string of the molecule is CC(=O)c1cn2c(n1)C(C(C)C)N(C(=O)CN(C)C)CC2. The molecule has 2 rings (SSSR count). The second-order valence-electron chi connectivity index (χ2n) is 6.25. The maximum absolute atomic E-state index is 12.5. The van der Waals surface area contributed by atoms with Gasteiger partial charge in [-0.15, -0.1) is 0 Å². The van der Waals surface area contributed by atoms with Gasteiger partial charge in [-0.05, 0) is 20.0 Å². The lowest BCUT2D eigenvalue weighted by Gasteiger charge is -2.38. The van der Waals surface area contributed by atoms with Crippen LogP contribution < -0.4 is 0 Å². The van der Waals surface area contributed by atoms with Crippen LogP contribution in [-0.4, -0.2) is 58.2 Å². The standard InChI is InChI=1S/C15H24N4O2/c1-10(2)14-15-16-12(11(3)20)8-18(15)6-7-19(14)13(21)9-17(4)5/h8,10,14H,6-7,9H2,1-5H3. The summed E-state index contributed by atoms with van der Waals surface area (Å²) in [5.74, 6) is 1.15. The van der Waals surface area contributed by atoms with E-state index in [4.69, 9.17) is 0 Å². The van der Waals surface area contributed by atoms with Crippen molar-refractivity contribution < 1.29 is 9.59 Å². The van der Waals surface area contributed by atoms with Crippen molar-refractivity contribution in [3.05, 3.63) is 17.7 Å². The van der Waals surface area contributed by atoms with E-state index in [-0.39, 0.29) is 23.7 Å². The van der Waals surface area contributed by atoms with Gasteiger partial charge in [0, 0.05) is 26.2 Å². The van der Waals surface area contributed by atoms with Gasteiger partial charge in [0.05, 0.1) is 12.6 Å². The van der Waals surface area contributed by atoms with Crippen LogP contribution in [0.5, 0.6) is 0 Å². The molecule has 0 fully saturated rings. The Hall–Kier alpha value is -1.69. The summed E-state index contributed by atoms with van der Waals surface area (Å²) in [4.78, 5) is 32.2.